The summed E-state index contributed by atoms with van der Waals surface area (Å²) >= 11 is 0. The van der Waals surface area contributed by atoms with Crippen LogP contribution in [0.5, 0.6) is 5.75 Å². The van der Waals surface area contributed by atoms with Crippen molar-refractivity contribution in [2.45, 2.75) is 160 Å². The Morgan fingerprint density at radius 2 is 1.26 bits per heavy atom. The summed E-state index contributed by atoms with van der Waals surface area (Å²) in [4.78, 5) is 119. The zero-order chi connectivity index (χ0) is 54.1. The first-order chi connectivity index (χ1) is 34.0. The van der Waals surface area contributed by atoms with Crippen LogP contribution in [0, 0.1) is 11.8 Å². The van der Waals surface area contributed by atoms with Gasteiger partial charge in [-0.05, 0) is 101 Å². The van der Waals surface area contributed by atoms with Crippen molar-refractivity contribution in [3.05, 3.63) is 29.8 Å². The van der Waals surface area contributed by atoms with Crippen molar-refractivity contribution >= 4 is 59.2 Å². The van der Waals surface area contributed by atoms with Gasteiger partial charge >= 0.3 is 5.97 Å². The number of phenolic OH excluding ortho intramolecular Hbond substituents is 1. The molecule has 1 heterocycles. The summed E-state index contributed by atoms with van der Waals surface area (Å²) in [6.07, 6.45) is 3.01. The number of rotatable bonds is 32. The summed E-state index contributed by atoms with van der Waals surface area (Å²) in [5.41, 5.74) is 34.2. The number of amides is 7. The molecule has 72 heavy (non-hydrogen) atoms. The number of hydrogen-bond acceptors (Lipinski definition) is 13. The summed E-state index contributed by atoms with van der Waals surface area (Å²) in [6.45, 7) is 9.27. The number of aliphatic carboxylic acids is 1. The molecule has 1 saturated heterocycles. The van der Waals surface area contributed by atoms with E-state index in [1.54, 1.807) is 26.0 Å². The topological polar surface area (TPSA) is 433 Å². The van der Waals surface area contributed by atoms with Crippen LogP contribution in [0.3, 0.4) is 0 Å². The van der Waals surface area contributed by atoms with E-state index in [9.17, 15) is 48.6 Å². The lowest BCUT2D eigenvalue weighted by Gasteiger charge is -2.31. The highest BCUT2D eigenvalue weighted by Crippen LogP contribution is 2.22. The average Bonchev–Trinajstić information content (AvgIpc) is 3.82. The zero-order valence-electron chi connectivity index (χ0n) is 42.4. The van der Waals surface area contributed by atoms with Gasteiger partial charge in [0.15, 0.2) is 11.9 Å². The van der Waals surface area contributed by atoms with E-state index in [1.807, 2.05) is 13.8 Å². The lowest BCUT2D eigenvalue weighted by atomic mass is 9.96. The summed E-state index contributed by atoms with van der Waals surface area (Å²) in [5, 5.41) is 35.8. The Balaban J connectivity index is 2.46. The number of carboxylic acids is 1. The molecule has 2 rings (SSSR count). The standard InChI is InChI=1S/C47H81N15O10/c1-6-27(4)37(43(69)60-35(45(71)72)24-26(2)3)61-41(67)34(25-29-16-18-30(63)19-17-29)59-42(68)36-15-11-23-62(36)44(70)33(14-10-22-55-47(52)53)58-40(66)32(13-9-21-54-46(50)51)57-38(64)28(5)56-39(65)31(49)12-7-8-20-48/h16-19,26-28,31-37,63H,6-15,20-25,48-49H2,1-5H3,(H,56,65)(H,57,64)(H,58,66)(H,59,68)(H,60,69)(H,61,67)(H,71,72)(H4,50,51,54)(H4,52,53,55)/t27-,28-,31-,32-,33-,34-,35-,36-,37-/m0/s1. The molecule has 0 aromatic heterocycles. The second-order valence-corrected chi connectivity index (χ2v) is 18.7. The van der Waals surface area contributed by atoms with Gasteiger partial charge in [0.1, 0.15) is 48.0 Å². The first kappa shape index (κ1) is 61.4. The molecule has 0 aliphatic carbocycles. The summed E-state index contributed by atoms with van der Waals surface area (Å²) in [7, 11) is 0. The molecule has 0 bridgehead atoms. The van der Waals surface area contributed by atoms with Gasteiger partial charge in [-0.25, -0.2) is 4.79 Å². The summed E-state index contributed by atoms with van der Waals surface area (Å²) in [6, 6.07) is -3.52. The number of aliphatic imine (C=N–C) groups is 2. The maximum absolute atomic E-state index is 14.6. The van der Waals surface area contributed by atoms with Gasteiger partial charge in [0.05, 0.1) is 6.04 Å². The number of carbonyl (C=O) groups excluding carboxylic acids is 7. The van der Waals surface area contributed by atoms with E-state index in [4.69, 9.17) is 34.4 Å². The number of carboxylic acid groups (broad SMARTS) is 1. The number of phenols is 1. The van der Waals surface area contributed by atoms with Crippen LogP contribution in [0.4, 0.5) is 0 Å². The molecule has 1 fully saturated rings. The van der Waals surface area contributed by atoms with Crippen molar-refractivity contribution in [1.29, 1.82) is 0 Å². The third-order valence-corrected chi connectivity index (χ3v) is 12.2. The Bertz CT molecular complexity index is 2010. The number of likely N-dealkylation sites (tertiary alicyclic amines) is 1. The molecule has 0 radical (unpaired) electrons. The predicted octanol–water partition coefficient (Wildman–Crippen LogP) is -2.41. The van der Waals surface area contributed by atoms with Crippen molar-refractivity contribution < 1.29 is 48.6 Å². The summed E-state index contributed by atoms with van der Waals surface area (Å²) in [5.74, 6) is -7.09. The van der Waals surface area contributed by atoms with Crippen molar-refractivity contribution in [1.82, 2.24) is 36.8 Å². The van der Waals surface area contributed by atoms with Crippen LogP contribution in [0.2, 0.25) is 0 Å². The van der Waals surface area contributed by atoms with Crippen LogP contribution >= 0.6 is 0 Å². The van der Waals surface area contributed by atoms with Gasteiger partial charge < -0.3 is 81.4 Å². The van der Waals surface area contributed by atoms with Gasteiger partial charge in [-0.3, -0.25) is 43.5 Å². The quantitative estimate of drug-likeness (QED) is 0.0203. The highest BCUT2D eigenvalue weighted by molar-refractivity contribution is 5.98. The highest BCUT2D eigenvalue weighted by atomic mass is 16.4. The fourth-order valence-electron chi connectivity index (χ4n) is 7.89. The van der Waals surface area contributed by atoms with Gasteiger partial charge in [0.25, 0.3) is 0 Å². The maximum atomic E-state index is 14.6. The van der Waals surface area contributed by atoms with Crippen molar-refractivity contribution in [2.75, 3.05) is 26.2 Å². The first-order valence-electron chi connectivity index (χ1n) is 24.7. The van der Waals surface area contributed by atoms with E-state index in [0.29, 0.717) is 44.2 Å². The Kier molecular flexibility index (Phi) is 26.9. The van der Waals surface area contributed by atoms with Gasteiger partial charge in [-0.2, -0.15) is 0 Å². The highest BCUT2D eigenvalue weighted by Gasteiger charge is 2.40. The molecular formula is C47H81N15O10. The normalized spacial score (nSPS) is 16.6. The van der Waals surface area contributed by atoms with Crippen LogP contribution < -0.4 is 66.3 Å². The molecule has 20 N–H and O–H groups in total. The molecule has 25 heteroatoms. The Labute approximate surface area is 421 Å². The van der Waals surface area contributed by atoms with Crippen molar-refractivity contribution in [3.63, 3.8) is 0 Å². The van der Waals surface area contributed by atoms with Gasteiger partial charge in [0, 0.05) is 26.1 Å². The third kappa shape index (κ3) is 21.7. The average molecular weight is 1020 g/mol. The minimum atomic E-state index is -1.33. The number of nitrogens with zero attached hydrogens (tertiary/aromatic N) is 3. The third-order valence-electron chi connectivity index (χ3n) is 12.2. The number of unbranched alkanes of at least 4 members (excludes halogenated alkanes) is 1. The predicted molar refractivity (Wildman–Crippen MR) is 271 cm³/mol. The SMILES string of the molecule is CC[C@H](C)[C@H](NC(=O)[C@H](Cc1ccc(O)cc1)NC(=O)[C@@H]1CCCN1C(=O)[C@H](CCCN=C(N)N)NC(=O)[C@H](CCCN=C(N)N)NC(=O)[C@H](C)NC(=O)[C@@H](N)CCCCN)C(=O)N[C@@H](CC(C)C)C(=O)O. The second-order valence-electron chi connectivity index (χ2n) is 18.7. The molecule has 404 valence electrons. The fourth-order valence-corrected chi connectivity index (χ4v) is 7.89. The molecule has 1 aromatic rings. The maximum Gasteiger partial charge on any atom is 0.326 e. The number of aromatic hydroxyl groups is 1. The van der Waals surface area contributed by atoms with Gasteiger partial charge in [-0.1, -0.05) is 52.7 Å². The second kappa shape index (κ2) is 31.5. The molecule has 25 nitrogen and oxygen atoms in total. The molecule has 0 spiro atoms. The molecule has 0 saturated carbocycles. The lowest BCUT2D eigenvalue weighted by molar-refractivity contribution is -0.143. The molecule has 7 amide bonds. The van der Waals surface area contributed by atoms with E-state index in [-0.39, 0.29) is 88.2 Å². The zero-order valence-corrected chi connectivity index (χ0v) is 42.4. The molecule has 1 aromatic carbocycles. The molecule has 0 unspecified atom stereocenters. The minimum Gasteiger partial charge on any atom is -0.508 e. The van der Waals surface area contributed by atoms with E-state index in [0.717, 1.165) is 0 Å². The van der Waals surface area contributed by atoms with Crippen LogP contribution in [0.25, 0.3) is 0 Å². The number of carbonyl (C=O) groups is 8. The van der Waals surface area contributed by atoms with Crippen LogP contribution in [0.1, 0.15) is 111 Å². The Hall–Kier alpha value is -6.76. The Morgan fingerprint density at radius 3 is 1.82 bits per heavy atom. The number of nitrogens with two attached hydrogens (primary N) is 6. The Morgan fingerprint density at radius 1 is 0.694 bits per heavy atom. The molecule has 1 aliphatic heterocycles. The first-order valence-corrected chi connectivity index (χ1v) is 24.7. The van der Waals surface area contributed by atoms with Crippen molar-refractivity contribution in [3.8, 4) is 5.75 Å². The van der Waals surface area contributed by atoms with Crippen molar-refractivity contribution in [2.24, 2.45) is 56.2 Å². The van der Waals surface area contributed by atoms with Crippen LogP contribution in [-0.2, 0) is 44.8 Å². The number of nitrogens with one attached hydrogen (secondary N) is 6. The smallest absolute Gasteiger partial charge is 0.326 e. The van der Waals surface area contributed by atoms with E-state index in [2.05, 4.69) is 41.9 Å². The number of hydrogen-bond donors (Lipinski definition) is 14. The van der Waals surface area contributed by atoms with E-state index in [1.165, 1.54) is 24.0 Å². The molecule has 1 aliphatic rings. The minimum absolute atomic E-state index is 0.000596. The summed E-state index contributed by atoms with van der Waals surface area (Å²) < 4.78 is 0. The number of benzene rings is 1. The monoisotopic (exact) mass is 1020 g/mol. The van der Waals surface area contributed by atoms with Crippen LogP contribution in [-0.4, -0.2) is 149 Å². The van der Waals surface area contributed by atoms with E-state index >= 15 is 0 Å². The van der Waals surface area contributed by atoms with Crippen LogP contribution in [0.15, 0.2) is 34.3 Å². The lowest BCUT2D eigenvalue weighted by Crippen LogP contribution is -2.60. The largest absolute Gasteiger partial charge is 0.508 e. The number of guanidine groups is 2. The molecule has 9 atom stereocenters. The fraction of sp³-hybridized carbons (Fsp3) is 0.660. The molecular weight excluding hydrogens is 935 g/mol. The van der Waals surface area contributed by atoms with Gasteiger partial charge in [-0.15, -0.1) is 0 Å². The van der Waals surface area contributed by atoms with Gasteiger partial charge in [0.2, 0.25) is 41.4 Å². The van der Waals surface area contributed by atoms with E-state index < -0.39 is 102 Å².